The number of carbonyl (C=O) groups is 1. The Hall–Kier alpha value is -0.450. The average molecular weight is 191 g/mol. The molecule has 0 aliphatic carbocycles. The van der Waals surface area contributed by atoms with Gasteiger partial charge in [-0.25, -0.2) is 4.79 Å². The lowest BCUT2D eigenvalue weighted by Gasteiger charge is -2.07. The summed E-state index contributed by atoms with van der Waals surface area (Å²) in [6.07, 6.45) is -4.92. The van der Waals surface area contributed by atoms with Crippen molar-refractivity contribution in [2.75, 3.05) is 6.61 Å². The number of rotatable bonds is 2. The molecule has 11 heavy (non-hydrogen) atoms. The zero-order valence-corrected chi connectivity index (χ0v) is 6.37. The number of hydrogen-bond donors (Lipinski definition) is 0. The lowest BCUT2D eigenvalue weighted by Crippen LogP contribution is -2.27. The predicted molar refractivity (Wildman–Crippen MR) is 32.3 cm³/mol. The van der Waals surface area contributed by atoms with Crippen LogP contribution < -0.4 is 0 Å². The molecule has 1 unspecified atom stereocenters. The average Bonchev–Trinajstić information content (AvgIpc) is 1.80. The van der Waals surface area contributed by atoms with Crippen LogP contribution in [0.2, 0.25) is 0 Å². The van der Waals surface area contributed by atoms with E-state index in [1.165, 1.54) is 6.92 Å². The van der Waals surface area contributed by atoms with Crippen LogP contribution in [-0.2, 0) is 9.53 Å². The van der Waals surface area contributed by atoms with Gasteiger partial charge in [0.05, 0.1) is 5.38 Å². The van der Waals surface area contributed by atoms with Gasteiger partial charge >= 0.3 is 12.1 Å². The van der Waals surface area contributed by atoms with E-state index in [1.807, 2.05) is 0 Å². The van der Waals surface area contributed by atoms with Gasteiger partial charge in [-0.05, 0) is 6.92 Å². The van der Waals surface area contributed by atoms with Crippen LogP contribution in [0.3, 0.4) is 0 Å². The highest BCUT2D eigenvalue weighted by atomic mass is 35.5. The first kappa shape index (κ1) is 10.6. The van der Waals surface area contributed by atoms with E-state index in [0.29, 0.717) is 0 Å². The number of esters is 1. The van der Waals surface area contributed by atoms with Crippen molar-refractivity contribution in [2.24, 2.45) is 0 Å². The Kier molecular flexibility index (Phi) is 3.65. The van der Waals surface area contributed by atoms with E-state index in [9.17, 15) is 18.0 Å². The van der Waals surface area contributed by atoms with Crippen molar-refractivity contribution in [3.63, 3.8) is 0 Å². The highest BCUT2D eigenvalue weighted by Crippen LogP contribution is 2.16. The molecule has 0 amide bonds. The van der Waals surface area contributed by atoms with E-state index in [4.69, 9.17) is 11.6 Å². The smallest absolute Gasteiger partial charge is 0.457 e. The van der Waals surface area contributed by atoms with Gasteiger partial charge in [0.15, 0.2) is 0 Å². The molecular formula is C5H6ClF3O2. The highest BCUT2D eigenvalue weighted by Gasteiger charge is 2.40. The SMILES string of the molecule is CC(Cl)COC(=O)C(F)(F)F. The summed E-state index contributed by atoms with van der Waals surface area (Å²) in [6.45, 7) is 0.991. The van der Waals surface area contributed by atoms with Gasteiger partial charge in [0.1, 0.15) is 6.61 Å². The molecule has 6 heteroatoms. The topological polar surface area (TPSA) is 26.3 Å². The Labute approximate surface area is 66.3 Å². The summed E-state index contributed by atoms with van der Waals surface area (Å²) in [4.78, 5) is 9.96. The first-order valence-corrected chi connectivity index (χ1v) is 3.15. The Morgan fingerprint density at radius 2 is 2.09 bits per heavy atom. The van der Waals surface area contributed by atoms with Gasteiger partial charge in [0.25, 0.3) is 0 Å². The van der Waals surface area contributed by atoms with Gasteiger partial charge in [-0.1, -0.05) is 0 Å². The summed E-state index contributed by atoms with van der Waals surface area (Å²) in [5, 5.41) is -0.610. The van der Waals surface area contributed by atoms with Crippen LogP contribution in [0.1, 0.15) is 6.92 Å². The van der Waals surface area contributed by atoms with Crippen LogP contribution in [0.4, 0.5) is 13.2 Å². The number of halogens is 4. The Morgan fingerprint density at radius 1 is 1.64 bits per heavy atom. The van der Waals surface area contributed by atoms with Gasteiger partial charge in [-0.15, -0.1) is 11.6 Å². The monoisotopic (exact) mass is 190 g/mol. The van der Waals surface area contributed by atoms with Crippen molar-refractivity contribution in [3.8, 4) is 0 Å². The molecule has 1 atom stereocenters. The molecule has 66 valence electrons. The lowest BCUT2D eigenvalue weighted by atomic mass is 10.5. The molecule has 0 saturated carbocycles. The Bertz CT molecular complexity index is 143. The largest absolute Gasteiger partial charge is 0.490 e. The summed E-state index contributed by atoms with van der Waals surface area (Å²) < 4.78 is 37.9. The zero-order valence-electron chi connectivity index (χ0n) is 5.61. The first-order valence-electron chi connectivity index (χ1n) is 2.72. The minimum absolute atomic E-state index is 0.431. The molecule has 0 aromatic rings. The molecule has 0 aliphatic heterocycles. The molecular weight excluding hydrogens is 184 g/mol. The third-order valence-electron chi connectivity index (χ3n) is 0.676. The van der Waals surface area contributed by atoms with Crippen LogP contribution in [0.25, 0.3) is 0 Å². The van der Waals surface area contributed by atoms with Crippen molar-refractivity contribution in [3.05, 3.63) is 0 Å². The molecule has 0 heterocycles. The first-order chi connectivity index (χ1) is 4.84. The Balaban J connectivity index is 3.71. The van der Waals surface area contributed by atoms with Crippen LogP contribution in [0, 0.1) is 0 Å². The van der Waals surface area contributed by atoms with Crippen LogP contribution in [-0.4, -0.2) is 24.1 Å². The normalized spacial score (nSPS) is 14.3. The third kappa shape index (κ3) is 4.89. The molecule has 0 aromatic heterocycles. The number of alkyl halides is 4. The second-order valence-electron chi connectivity index (χ2n) is 1.88. The van der Waals surface area contributed by atoms with Gasteiger partial charge in [0.2, 0.25) is 0 Å². The maximum absolute atomic E-state index is 11.4. The summed E-state index contributed by atoms with van der Waals surface area (Å²) in [7, 11) is 0. The fourth-order valence-electron chi connectivity index (χ4n) is 0.272. The standard InChI is InChI=1S/C5H6ClF3O2/c1-3(6)2-11-4(10)5(7,8)9/h3H,2H2,1H3. The highest BCUT2D eigenvalue weighted by molar-refractivity contribution is 6.20. The second-order valence-corrected chi connectivity index (χ2v) is 2.62. The minimum atomic E-state index is -4.92. The maximum atomic E-state index is 11.4. The third-order valence-corrected chi connectivity index (χ3v) is 0.802. The molecule has 0 aromatic carbocycles. The number of carbonyl (C=O) groups excluding carboxylic acids is 1. The van der Waals surface area contributed by atoms with Crippen LogP contribution in [0.5, 0.6) is 0 Å². The molecule has 0 radical (unpaired) electrons. The molecule has 0 N–H and O–H groups in total. The molecule has 0 rings (SSSR count). The van der Waals surface area contributed by atoms with Gasteiger partial charge in [-0.2, -0.15) is 13.2 Å². The molecule has 0 spiro atoms. The van der Waals surface area contributed by atoms with Gasteiger partial charge in [-0.3, -0.25) is 0 Å². The summed E-state index contributed by atoms with van der Waals surface area (Å²) in [6, 6.07) is 0. The van der Waals surface area contributed by atoms with Crippen molar-refractivity contribution in [1.82, 2.24) is 0 Å². The number of hydrogen-bond acceptors (Lipinski definition) is 2. The van der Waals surface area contributed by atoms with Crippen molar-refractivity contribution < 1.29 is 22.7 Å². The summed E-state index contributed by atoms with van der Waals surface area (Å²) >= 11 is 5.23. The zero-order chi connectivity index (χ0) is 9.07. The number of ether oxygens (including phenoxy) is 1. The Morgan fingerprint density at radius 3 is 2.36 bits per heavy atom. The van der Waals surface area contributed by atoms with E-state index in [2.05, 4.69) is 4.74 Å². The van der Waals surface area contributed by atoms with E-state index in [0.717, 1.165) is 0 Å². The maximum Gasteiger partial charge on any atom is 0.490 e. The van der Waals surface area contributed by atoms with Crippen molar-refractivity contribution in [2.45, 2.75) is 18.5 Å². The summed E-state index contributed by atoms with van der Waals surface area (Å²) in [5.74, 6) is -2.20. The van der Waals surface area contributed by atoms with E-state index < -0.39 is 24.1 Å². The van der Waals surface area contributed by atoms with E-state index >= 15 is 0 Å². The van der Waals surface area contributed by atoms with Crippen molar-refractivity contribution >= 4 is 17.6 Å². The fourth-order valence-corrected chi connectivity index (χ4v) is 0.335. The molecule has 0 fully saturated rings. The molecule has 2 nitrogen and oxygen atoms in total. The summed E-state index contributed by atoms with van der Waals surface area (Å²) in [5.41, 5.74) is 0. The minimum Gasteiger partial charge on any atom is -0.457 e. The fraction of sp³-hybridized carbons (Fsp3) is 0.800. The van der Waals surface area contributed by atoms with Crippen LogP contribution in [0.15, 0.2) is 0 Å². The van der Waals surface area contributed by atoms with Gasteiger partial charge in [0, 0.05) is 0 Å². The van der Waals surface area contributed by atoms with Crippen LogP contribution >= 0.6 is 11.6 Å². The predicted octanol–water partition coefficient (Wildman–Crippen LogP) is 1.72. The second kappa shape index (κ2) is 3.80. The lowest BCUT2D eigenvalue weighted by molar-refractivity contribution is -0.199. The van der Waals surface area contributed by atoms with E-state index in [-0.39, 0.29) is 0 Å². The van der Waals surface area contributed by atoms with Crippen molar-refractivity contribution in [1.29, 1.82) is 0 Å². The molecule has 0 bridgehead atoms. The molecule has 0 aliphatic rings. The molecule has 0 saturated heterocycles. The van der Waals surface area contributed by atoms with Gasteiger partial charge < -0.3 is 4.74 Å². The van der Waals surface area contributed by atoms with E-state index in [1.54, 1.807) is 0 Å². The quantitative estimate of drug-likeness (QED) is 0.490.